The number of nitrogens with two attached hydrogens (primary N) is 1. The number of piperidine rings is 1. The number of nitrogens with one attached hydrogen (secondary N) is 2. The van der Waals surface area contributed by atoms with Gasteiger partial charge in [0, 0.05) is 17.2 Å². The molecule has 3 rings (SSSR count). The van der Waals surface area contributed by atoms with Crippen molar-refractivity contribution in [2.75, 3.05) is 18.4 Å². The highest BCUT2D eigenvalue weighted by atomic mass is 35.5. The van der Waals surface area contributed by atoms with E-state index in [1.54, 1.807) is 24.3 Å². The Morgan fingerprint density at radius 2 is 2.00 bits per heavy atom. The molecule has 0 radical (unpaired) electrons. The number of carbonyl (C=O) groups is 2. The maximum absolute atomic E-state index is 12.3. The van der Waals surface area contributed by atoms with Crippen LogP contribution in [0.1, 0.15) is 29.6 Å². The Morgan fingerprint density at radius 1 is 1.29 bits per heavy atom. The molecular weight excluding hydrogens is 290 g/mol. The molecule has 1 unspecified atom stereocenters. The Labute approximate surface area is 130 Å². The van der Waals surface area contributed by atoms with Gasteiger partial charge >= 0.3 is 0 Å². The molecule has 21 heavy (non-hydrogen) atoms. The summed E-state index contributed by atoms with van der Waals surface area (Å²) < 4.78 is 0. The summed E-state index contributed by atoms with van der Waals surface area (Å²) in [6.07, 6.45) is 3.13. The summed E-state index contributed by atoms with van der Waals surface area (Å²) in [5, 5.41) is 6.23. The lowest BCUT2D eigenvalue weighted by molar-refractivity contribution is -0.118. The monoisotopic (exact) mass is 309 g/mol. The lowest BCUT2D eigenvalue weighted by atomic mass is 9.92. The second-order valence-corrected chi connectivity index (χ2v) is 5.80. The van der Waals surface area contributed by atoms with E-state index < -0.39 is 5.91 Å². The summed E-state index contributed by atoms with van der Waals surface area (Å²) in [5.41, 5.74) is 6.51. The second-order valence-electron chi connectivity index (χ2n) is 5.80. The first-order valence-corrected chi connectivity index (χ1v) is 7.02. The van der Waals surface area contributed by atoms with Gasteiger partial charge in [-0.05, 0) is 56.0 Å². The summed E-state index contributed by atoms with van der Waals surface area (Å²) in [4.78, 5) is 23.4. The van der Waals surface area contributed by atoms with E-state index in [-0.39, 0.29) is 29.6 Å². The first kappa shape index (κ1) is 15.8. The summed E-state index contributed by atoms with van der Waals surface area (Å²) in [7, 11) is 0. The molecule has 1 atom stereocenters. The second kappa shape index (κ2) is 6.03. The van der Waals surface area contributed by atoms with Gasteiger partial charge in [-0.15, -0.1) is 12.4 Å². The van der Waals surface area contributed by atoms with Gasteiger partial charge in [-0.1, -0.05) is 6.07 Å². The van der Waals surface area contributed by atoms with Crippen molar-refractivity contribution in [3.63, 3.8) is 0 Å². The minimum Gasteiger partial charge on any atom is -0.366 e. The molecule has 5 nitrogen and oxygen atoms in total. The highest BCUT2D eigenvalue weighted by Crippen LogP contribution is 2.58. The molecule has 1 heterocycles. The number of anilines is 1. The smallest absolute Gasteiger partial charge is 0.248 e. The predicted molar refractivity (Wildman–Crippen MR) is 83.5 cm³/mol. The van der Waals surface area contributed by atoms with E-state index in [4.69, 9.17) is 5.73 Å². The average molecular weight is 310 g/mol. The summed E-state index contributed by atoms with van der Waals surface area (Å²) >= 11 is 0. The maximum atomic E-state index is 12.3. The Balaban J connectivity index is 0.00000161. The van der Waals surface area contributed by atoms with Gasteiger partial charge in [0.25, 0.3) is 0 Å². The van der Waals surface area contributed by atoms with Crippen LogP contribution in [0.4, 0.5) is 5.69 Å². The van der Waals surface area contributed by atoms with Gasteiger partial charge in [0.2, 0.25) is 11.8 Å². The van der Waals surface area contributed by atoms with E-state index in [0.29, 0.717) is 11.3 Å². The van der Waals surface area contributed by atoms with Crippen molar-refractivity contribution in [1.29, 1.82) is 0 Å². The van der Waals surface area contributed by atoms with Gasteiger partial charge in [0.05, 0.1) is 0 Å². The molecular formula is C15H20ClN3O2. The van der Waals surface area contributed by atoms with Crippen molar-refractivity contribution >= 4 is 29.9 Å². The van der Waals surface area contributed by atoms with Crippen LogP contribution in [-0.4, -0.2) is 24.9 Å². The van der Waals surface area contributed by atoms with Crippen LogP contribution in [0.3, 0.4) is 0 Å². The van der Waals surface area contributed by atoms with Crippen LogP contribution in [0.5, 0.6) is 0 Å². The molecule has 1 aromatic rings. The summed E-state index contributed by atoms with van der Waals surface area (Å²) in [6, 6.07) is 6.77. The van der Waals surface area contributed by atoms with E-state index in [2.05, 4.69) is 10.6 Å². The quantitative estimate of drug-likeness (QED) is 0.792. The molecule has 2 amide bonds. The minimum absolute atomic E-state index is 0. The molecule has 1 saturated carbocycles. The molecule has 1 aromatic carbocycles. The summed E-state index contributed by atoms with van der Waals surface area (Å²) in [6.45, 7) is 2.00. The normalized spacial score (nSPS) is 22.2. The predicted octanol–water partition coefficient (Wildman–Crippen LogP) is 1.54. The zero-order valence-electron chi connectivity index (χ0n) is 11.7. The van der Waals surface area contributed by atoms with Crippen LogP contribution in [0.25, 0.3) is 0 Å². The lowest BCUT2D eigenvalue weighted by Crippen LogP contribution is -2.31. The maximum Gasteiger partial charge on any atom is 0.248 e. The van der Waals surface area contributed by atoms with Crippen molar-refractivity contribution in [1.82, 2.24) is 5.32 Å². The third kappa shape index (κ3) is 3.19. The van der Waals surface area contributed by atoms with Crippen LogP contribution < -0.4 is 16.4 Å². The average Bonchev–Trinajstić information content (AvgIpc) is 3.13. The van der Waals surface area contributed by atoms with Gasteiger partial charge in [0.15, 0.2) is 0 Å². The van der Waals surface area contributed by atoms with E-state index in [0.717, 1.165) is 32.4 Å². The molecule has 2 aliphatic rings. The SMILES string of the molecule is Cl.NC(=O)c1cccc(NC(=O)C2CC23CCNCC3)c1. The Bertz CT molecular complexity index is 556. The number of amides is 2. The van der Waals surface area contributed by atoms with E-state index >= 15 is 0 Å². The van der Waals surface area contributed by atoms with Gasteiger partial charge in [0.1, 0.15) is 0 Å². The first-order valence-electron chi connectivity index (χ1n) is 7.02. The molecule has 0 aromatic heterocycles. The van der Waals surface area contributed by atoms with E-state index in [1.807, 2.05) is 0 Å². The molecule has 2 fully saturated rings. The molecule has 0 bridgehead atoms. The number of halogens is 1. The van der Waals surface area contributed by atoms with E-state index in [9.17, 15) is 9.59 Å². The largest absolute Gasteiger partial charge is 0.366 e. The molecule has 6 heteroatoms. The highest BCUT2D eigenvalue weighted by molar-refractivity contribution is 5.98. The fraction of sp³-hybridized carbons (Fsp3) is 0.467. The van der Waals surface area contributed by atoms with Crippen LogP contribution in [0.15, 0.2) is 24.3 Å². The zero-order valence-corrected chi connectivity index (χ0v) is 12.5. The zero-order chi connectivity index (χ0) is 14.2. The van der Waals surface area contributed by atoms with E-state index in [1.165, 1.54) is 0 Å². The van der Waals surface area contributed by atoms with Crippen molar-refractivity contribution in [3.8, 4) is 0 Å². The molecule has 1 spiro atoms. The fourth-order valence-corrected chi connectivity index (χ4v) is 3.18. The van der Waals surface area contributed by atoms with Crippen LogP contribution >= 0.6 is 12.4 Å². The van der Waals surface area contributed by atoms with Crippen LogP contribution in [0.2, 0.25) is 0 Å². The molecule has 1 aliphatic carbocycles. The van der Waals surface area contributed by atoms with Gasteiger partial charge in [-0.2, -0.15) is 0 Å². The molecule has 114 valence electrons. The van der Waals surface area contributed by atoms with Crippen molar-refractivity contribution in [2.24, 2.45) is 17.1 Å². The van der Waals surface area contributed by atoms with Gasteiger partial charge in [-0.25, -0.2) is 0 Å². The van der Waals surface area contributed by atoms with Crippen LogP contribution in [-0.2, 0) is 4.79 Å². The number of benzene rings is 1. The first-order chi connectivity index (χ1) is 9.61. The Kier molecular flexibility index (Phi) is 4.54. The number of carbonyl (C=O) groups excluding carboxylic acids is 2. The fourth-order valence-electron chi connectivity index (χ4n) is 3.18. The standard InChI is InChI=1S/C15H19N3O2.ClH/c16-13(19)10-2-1-3-11(8-10)18-14(20)12-9-15(12)4-6-17-7-5-15;/h1-3,8,12,17H,4-7,9H2,(H2,16,19)(H,18,20);1H. The number of hydrogen-bond donors (Lipinski definition) is 3. The van der Waals surface area contributed by atoms with Crippen LogP contribution in [0, 0.1) is 11.3 Å². The third-order valence-electron chi connectivity index (χ3n) is 4.52. The number of primary amides is 1. The Hall–Kier alpha value is -1.59. The van der Waals surface area contributed by atoms with Crippen molar-refractivity contribution < 1.29 is 9.59 Å². The Morgan fingerprint density at radius 3 is 2.67 bits per heavy atom. The minimum atomic E-state index is -0.484. The summed E-state index contributed by atoms with van der Waals surface area (Å²) in [5.74, 6) is -0.308. The molecule has 1 saturated heterocycles. The molecule has 4 N–H and O–H groups in total. The van der Waals surface area contributed by atoms with Crippen molar-refractivity contribution in [2.45, 2.75) is 19.3 Å². The number of rotatable bonds is 3. The topological polar surface area (TPSA) is 84.2 Å². The highest BCUT2D eigenvalue weighted by Gasteiger charge is 2.57. The number of hydrogen-bond acceptors (Lipinski definition) is 3. The van der Waals surface area contributed by atoms with Gasteiger partial charge < -0.3 is 16.4 Å². The van der Waals surface area contributed by atoms with Crippen molar-refractivity contribution in [3.05, 3.63) is 29.8 Å². The third-order valence-corrected chi connectivity index (χ3v) is 4.52. The van der Waals surface area contributed by atoms with Gasteiger partial charge in [-0.3, -0.25) is 9.59 Å². The lowest BCUT2D eigenvalue weighted by Gasteiger charge is -2.23. The molecule has 1 aliphatic heterocycles.